The summed E-state index contributed by atoms with van der Waals surface area (Å²) in [6, 6.07) is 18.2. The summed E-state index contributed by atoms with van der Waals surface area (Å²) in [5.41, 5.74) is 2.08. The molecule has 19 heavy (non-hydrogen) atoms. The number of methoxy groups -OCH3 is 1. The molecule has 1 N–H and O–H groups in total. The normalized spacial score (nSPS) is 10.4. The Morgan fingerprint density at radius 2 is 1.79 bits per heavy atom. The summed E-state index contributed by atoms with van der Waals surface area (Å²) in [7, 11) is 1.64. The second kappa shape index (κ2) is 4.98. The first-order valence-corrected chi connectivity index (χ1v) is 6.11. The largest absolute Gasteiger partial charge is 0.481 e. The molecule has 0 atom stereocenters. The zero-order valence-electron chi connectivity index (χ0n) is 10.6. The summed E-state index contributed by atoms with van der Waals surface area (Å²) in [5.74, 6) is 0.647. The molecular weight excluding hydrogens is 236 g/mol. The molecule has 0 saturated heterocycles. The van der Waals surface area contributed by atoms with Gasteiger partial charge in [0, 0.05) is 23.0 Å². The van der Waals surface area contributed by atoms with E-state index < -0.39 is 0 Å². The van der Waals surface area contributed by atoms with Gasteiger partial charge in [-0.05, 0) is 35.7 Å². The Bertz CT molecular complexity index is 695. The van der Waals surface area contributed by atoms with Crippen LogP contribution in [-0.4, -0.2) is 12.1 Å². The molecule has 2 aromatic carbocycles. The summed E-state index contributed by atoms with van der Waals surface area (Å²) in [6.07, 6.45) is 1.76. The van der Waals surface area contributed by atoms with Crippen molar-refractivity contribution in [3.63, 3.8) is 0 Å². The van der Waals surface area contributed by atoms with E-state index in [0.717, 1.165) is 22.1 Å². The number of fused-ring (bicyclic) bond motifs is 1. The van der Waals surface area contributed by atoms with Crippen LogP contribution in [0.1, 0.15) is 0 Å². The van der Waals surface area contributed by atoms with Crippen LogP contribution in [0.15, 0.2) is 60.8 Å². The maximum absolute atomic E-state index is 5.29. The third-order valence-corrected chi connectivity index (χ3v) is 2.99. The predicted octanol–water partition coefficient (Wildman–Crippen LogP) is 3.99. The van der Waals surface area contributed by atoms with Crippen molar-refractivity contribution >= 4 is 22.1 Å². The van der Waals surface area contributed by atoms with Crippen LogP contribution in [0.25, 0.3) is 10.8 Å². The van der Waals surface area contributed by atoms with Gasteiger partial charge in [-0.1, -0.05) is 24.3 Å². The monoisotopic (exact) mass is 250 g/mol. The number of benzene rings is 2. The number of hydrogen-bond acceptors (Lipinski definition) is 3. The van der Waals surface area contributed by atoms with Gasteiger partial charge in [-0.25, -0.2) is 4.98 Å². The van der Waals surface area contributed by atoms with E-state index in [4.69, 9.17) is 4.74 Å². The van der Waals surface area contributed by atoms with Gasteiger partial charge in [-0.3, -0.25) is 0 Å². The number of aromatic nitrogens is 1. The van der Waals surface area contributed by atoms with Gasteiger partial charge in [0.2, 0.25) is 5.88 Å². The fraction of sp³-hybridized carbons (Fsp3) is 0.0625. The Morgan fingerprint density at radius 3 is 2.58 bits per heavy atom. The molecule has 0 aliphatic rings. The van der Waals surface area contributed by atoms with E-state index in [1.54, 1.807) is 13.3 Å². The molecule has 0 fully saturated rings. The molecule has 1 aromatic heterocycles. The maximum Gasteiger partial charge on any atom is 0.221 e. The Kier molecular flexibility index (Phi) is 3.02. The van der Waals surface area contributed by atoms with E-state index in [1.165, 1.54) is 0 Å². The molecule has 0 aliphatic heterocycles. The average Bonchev–Trinajstić information content (AvgIpc) is 2.47. The average molecular weight is 250 g/mol. The smallest absolute Gasteiger partial charge is 0.221 e. The van der Waals surface area contributed by atoms with Crippen LogP contribution in [-0.2, 0) is 0 Å². The lowest BCUT2D eigenvalue weighted by molar-refractivity contribution is 0.403. The first-order chi connectivity index (χ1) is 9.36. The van der Waals surface area contributed by atoms with Crippen molar-refractivity contribution in [3.8, 4) is 5.88 Å². The van der Waals surface area contributed by atoms with Crippen molar-refractivity contribution in [2.45, 2.75) is 0 Å². The second-order valence-electron chi connectivity index (χ2n) is 4.25. The number of para-hydroxylation sites is 1. The van der Waals surface area contributed by atoms with E-state index in [0.29, 0.717) is 5.88 Å². The minimum Gasteiger partial charge on any atom is -0.481 e. The van der Waals surface area contributed by atoms with Gasteiger partial charge in [0.05, 0.1) is 7.11 Å². The van der Waals surface area contributed by atoms with Crippen LogP contribution in [0.4, 0.5) is 11.4 Å². The highest BCUT2D eigenvalue weighted by molar-refractivity contribution is 5.90. The van der Waals surface area contributed by atoms with E-state index in [-0.39, 0.29) is 0 Å². The molecule has 0 spiro atoms. The molecule has 0 unspecified atom stereocenters. The van der Waals surface area contributed by atoms with Crippen LogP contribution < -0.4 is 10.1 Å². The van der Waals surface area contributed by atoms with Crippen molar-refractivity contribution in [2.24, 2.45) is 0 Å². The third kappa shape index (κ3) is 2.36. The fourth-order valence-electron chi connectivity index (χ4n) is 2.07. The second-order valence-corrected chi connectivity index (χ2v) is 4.25. The van der Waals surface area contributed by atoms with Crippen LogP contribution in [0.2, 0.25) is 0 Å². The number of nitrogens with zero attached hydrogens (tertiary/aromatic N) is 1. The summed E-state index contributed by atoms with van der Waals surface area (Å²) in [6.45, 7) is 0. The summed E-state index contributed by atoms with van der Waals surface area (Å²) < 4.78 is 5.29. The van der Waals surface area contributed by atoms with Crippen molar-refractivity contribution in [1.29, 1.82) is 0 Å². The standard InChI is InChI=1S/C16H14N2O/c1-19-16-15-11-14(8-7-12(15)9-10-17-16)18-13-5-3-2-4-6-13/h2-11,18H,1H3. The number of anilines is 2. The highest BCUT2D eigenvalue weighted by Crippen LogP contribution is 2.27. The summed E-state index contributed by atoms with van der Waals surface area (Å²) in [5, 5.41) is 5.49. The molecular formula is C16H14N2O. The number of hydrogen-bond donors (Lipinski definition) is 1. The first kappa shape index (κ1) is 11.5. The quantitative estimate of drug-likeness (QED) is 0.763. The fourth-order valence-corrected chi connectivity index (χ4v) is 2.07. The van der Waals surface area contributed by atoms with Gasteiger partial charge in [0.15, 0.2) is 0 Å². The highest BCUT2D eigenvalue weighted by atomic mass is 16.5. The Morgan fingerprint density at radius 1 is 0.947 bits per heavy atom. The highest BCUT2D eigenvalue weighted by Gasteiger charge is 2.03. The van der Waals surface area contributed by atoms with Gasteiger partial charge in [0.25, 0.3) is 0 Å². The van der Waals surface area contributed by atoms with Crippen LogP contribution in [0.3, 0.4) is 0 Å². The summed E-state index contributed by atoms with van der Waals surface area (Å²) in [4.78, 5) is 4.22. The molecule has 3 nitrogen and oxygen atoms in total. The molecule has 0 radical (unpaired) electrons. The Labute approximate surface area is 111 Å². The lowest BCUT2D eigenvalue weighted by Gasteiger charge is -2.09. The molecule has 0 bridgehead atoms. The predicted molar refractivity (Wildman–Crippen MR) is 78.0 cm³/mol. The van der Waals surface area contributed by atoms with Crippen LogP contribution in [0.5, 0.6) is 5.88 Å². The Balaban J connectivity index is 2.01. The van der Waals surface area contributed by atoms with Gasteiger partial charge in [-0.15, -0.1) is 0 Å². The van der Waals surface area contributed by atoms with Crippen molar-refractivity contribution < 1.29 is 4.74 Å². The van der Waals surface area contributed by atoms with E-state index in [9.17, 15) is 0 Å². The first-order valence-electron chi connectivity index (χ1n) is 6.11. The zero-order valence-corrected chi connectivity index (χ0v) is 10.6. The van der Waals surface area contributed by atoms with Crippen molar-refractivity contribution in [2.75, 3.05) is 12.4 Å². The van der Waals surface area contributed by atoms with Gasteiger partial charge < -0.3 is 10.1 Å². The van der Waals surface area contributed by atoms with Crippen LogP contribution in [0, 0.1) is 0 Å². The molecule has 0 amide bonds. The van der Waals surface area contributed by atoms with E-state index in [1.807, 2.05) is 42.5 Å². The molecule has 3 rings (SSSR count). The van der Waals surface area contributed by atoms with E-state index >= 15 is 0 Å². The minimum atomic E-state index is 0.647. The molecule has 3 heteroatoms. The zero-order chi connectivity index (χ0) is 13.1. The number of rotatable bonds is 3. The Hall–Kier alpha value is -2.55. The number of ether oxygens (including phenoxy) is 1. The minimum absolute atomic E-state index is 0.647. The molecule has 0 aliphatic carbocycles. The third-order valence-electron chi connectivity index (χ3n) is 2.99. The van der Waals surface area contributed by atoms with Gasteiger partial charge >= 0.3 is 0 Å². The summed E-state index contributed by atoms with van der Waals surface area (Å²) >= 11 is 0. The molecule has 0 saturated carbocycles. The lowest BCUT2D eigenvalue weighted by atomic mass is 10.1. The van der Waals surface area contributed by atoms with Crippen LogP contribution >= 0.6 is 0 Å². The van der Waals surface area contributed by atoms with Gasteiger partial charge in [-0.2, -0.15) is 0 Å². The van der Waals surface area contributed by atoms with Crippen molar-refractivity contribution in [3.05, 3.63) is 60.8 Å². The lowest BCUT2D eigenvalue weighted by Crippen LogP contribution is -1.92. The SMILES string of the molecule is COc1nccc2ccc(Nc3ccccc3)cc12. The van der Waals surface area contributed by atoms with E-state index in [2.05, 4.69) is 22.4 Å². The van der Waals surface area contributed by atoms with Crippen molar-refractivity contribution in [1.82, 2.24) is 4.98 Å². The molecule has 3 aromatic rings. The number of pyridine rings is 1. The molecule has 94 valence electrons. The topological polar surface area (TPSA) is 34.1 Å². The maximum atomic E-state index is 5.29. The van der Waals surface area contributed by atoms with Gasteiger partial charge in [0.1, 0.15) is 0 Å². The number of nitrogens with one attached hydrogen (secondary N) is 1. The molecule has 1 heterocycles.